The number of carbonyl (C=O) groups is 1. The van der Waals surface area contributed by atoms with E-state index in [0.717, 1.165) is 35.4 Å². The molecule has 1 amide bonds. The second-order valence-corrected chi connectivity index (χ2v) is 7.38. The van der Waals surface area contributed by atoms with Crippen LogP contribution in [0.25, 0.3) is 0 Å². The molecule has 1 aliphatic rings. The number of nitrogen functional groups attached to an aromatic ring is 1. The van der Waals surface area contributed by atoms with Gasteiger partial charge in [0.2, 0.25) is 11.0 Å². The molecule has 0 aromatic carbocycles. The third-order valence-electron chi connectivity index (χ3n) is 3.49. The number of anilines is 1. The Morgan fingerprint density at radius 2 is 2.41 bits per heavy atom. The number of hydrogen-bond acceptors (Lipinski definition) is 8. The average molecular weight is 339 g/mol. The third-order valence-corrected chi connectivity index (χ3v) is 5.37. The molecule has 3 rings (SSSR count). The van der Waals surface area contributed by atoms with Crippen LogP contribution in [0.5, 0.6) is 0 Å². The summed E-state index contributed by atoms with van der Waals surface area (Å²) in [5.41, 5.74) is 5.53. The SMILES string of the molecule is Cc1nc(C2CCCN(C(=O)CSc3nnc(N)s3)C2)n[nH]1. The van der Waals surface area contributed by atoms with E-state index in [0.29, 0.717) is 17.4 Å². The Balaban J connectivity index is 1.55. The number of aromatic nitrogens is 5. The number of rotatable bonds is 4. The first kappa shape index (κ1) is 15.2. The van der Waals surface area contributed by atoms with Gasteiger partial charge in [-0.25, -0.2) is 4.98 Å². The predicted molar refractivity (Wildman–Crippen MR) is 84.7 cm³/mol. The number of aromatic amines is 1. The summed E-state index contributed by atoms with van der Waals surface area (Å²) < 4.78 is 0.726. The van der Waals surface area contributed by atoms with Crippen molar-refractivity contribution in [1.29, 1.82) is 0 Å². The maximum Gasteiger partial charge on any atom is 0.233 e. The number of likely N-dealkylation sites (tertiary alicyclic amines) is 1. The highest BCUT2D eigenvalue weighted by atomic mass is 32.2. The fraction of sp³-hybridized carbons (Fsp3) is 0.583. The van der Waals surface area contributed by atoms with Gasteiger partial charge in [0.15, 0.2) is 10.2 Å². The summed E-state index contributed by atoms with van der Waals surface area (Å²) in [7, 11) is 0. The number of H-pyrrole nitrogens is 1. The molecule has 0 aliphatic carbocycles. The Morgan fingerprint density at radius 3 is 3.09 bits per heavy atom. The number of amides is 1. The van der Waals surface area contributed by atoms with E-state index in [1.54, 1.807) is 0 Å². The molecular weight excluding hydrogens is 322 g/mol. The molecule has 10 heteroatoms. The zero-order valence-electron chi connectivity index (χ0n) is 12.2. The molecule has 1 fully saturated rings. The van der Waals surface area contributed by atoms with Gasteiger partial charge in [-0.3, -0.25) is 9.89 Å². The van der Waals surface area contributed by atoms with Crippen molar-refractivity contribution in [3.05, 3.63) is 11.6 Å². The monoisotopic (exact) mass is 339 g/mol. The number of nitrogens with two attached hydrogens (primary N) is 1. The number of aryl methyl sites for hydroxylation is 1. The van der Waals surface area contributed by atoms with Crippen molar-refractivity contribution < 1.29 is 4.79 Å². The highest BCUT2D eigenvalue weighted by molar-refractivity contribution is 8.01. The van der Waals surface area contributed by atoms with Crippen LogP contribution in [0.1, 0.15) is 30.4 Å². The normalized spacial score (nSPS) is 18.6. The van der Waals surface area contributed by atoms with Crippen LogP contribution in [0.2, 0.25) is 0 Å². The minimum Gasteiger partial charge on any atom is -0.374 e. The van der Waals surface area contributed by atoms with E-state index in [9.17, 15) is 4.79 Å². The van der Waals surface area contributed by atoms with Crippen LogP contribution in [0, 0.1) is 6.92 Å². The summed E-state index contributed by atoms with van der Waals surface area (Å²) in [5, 5.41) is 15.2. The number of nitrogens with one attached hydrogen (secondary N) is 1. The molecule has 1 atom stereocenters. The van der Waals surface area contributed by atoms with E-state index in [-0.39, 0.29) is 11.8 Å². The van der Waals surface area contributed by atoms with Crippen LogP contribution < -0.4 is 5.73 Å². The van der Waals surface area contributed by atoms with Crippen molar-refractivity contribution in [1.82, 2.24) is 30.3 Å². The average Bonchev–Trinajstić information content (AvgIpc) is 3.13. The lowest BCUT2D eigenvalue weighted by Gasteiger charge is -2.31. The maximum atomic E-state index is 12.3. The van der Waals surface area contributed by atoms with Crippen LogP contribution in [0.4, 0.5) is 5.13 Å². The summed E-state index contributed by atoms with van der Waals surface area (Å²) >= 11 is 2.68. The molecule has 22 heavy (non-hydrogen) atoms. The Hall–Kier alpha value is -1.68. The van der Waals surface area contributed by atoms with Gasteiger partial charge in [0.1, 0.15) is 5.82 Å². The molecule has 118 valence electrons. The van der Waals surface area contributed by atoms with Crippen molar-refractivity contribution in [3.63, 3.8) is 0 Å². The Morgan fingerprint density at radius 1 is 1.55 bits per heavy atom. The molecule has 0 spiro atoms. The van der Waals surface area contributed by atoms with Crippen LogP contribution >= 0.6 is 23.1 Å². The van der Waals surface area contributed by atoms with E-state index in [1.807, 2.05) is 11.8 Å². The molecule has 0 radical (unpaired) electrons. The number of piperidine rings is 1. The summed E-state index contributed by atoms with van der Waals surface area (Å²) in [6, 6.07) is 0. The minimum absolute atomic E-state index is 0.107. The zero-order valence-corrected chi connectivity index (χ0v) is 13.8. The fourth-order valence-electron chi connectivity index (χ4n) is 2.45. The van der Waals surface area contributed by atoms with E-state index in [2.05, 4.69) is 25.4 Å². The van der Waals surface area contributed by atoms with E-state index < -0.39 is 0 Å². The maximum absolute atomic E-state index is 12.3. The molecule has 8 nitrogen and oxygen atoms in total. The standard InChI is InChI=1S/C12H17N7OS2/c1-7-14-10(16-15-7)8-3-2-4-19(5-8)9(20)6-21-12-18-17-11(13)22-12/h8H,2-6H2,1H3,(H2,13,17)(H,14,15,16). The van der Waals surface area contributed by atoms with E-state index in [1.165, 1.54) is 23.1 Å². The molecule has 0 bridgehead atoms. The second kappa shape index (κ2) is 6.61. The molecule has 3 N–H and O–H groups in total. The topological polar surface area (TPSA) is 114 Å². The van der Waals surface area contributed by atoms with Gasteiger partial charge in [0.25, 0.3) is 0 Å². The van der Waals surface area contributed by atoms with Gasteiger partial charge < -0.3 is 10.6 Å². The number of hydrogen-bond donors (Lipinski definition) is 2. The van der Waals surface area contributed by atoms with Gasteiger partial charge >= 0.3 is 0 Å². The first-order valence-electron chi connectivity index (χ1n) is 7.00. The summed E-state index contributed by atoms with van der Waals surface area (Å²) in [6.07, 6.45) is 1.99. The van der Waals surface area contributed by atoms with Crippen LogP contribution in [-0.4, -0.2) is 55.0 Å². The lowest BCUT2D eigenvalue weighted by Crippen LogP contribution is -2.40. The third kappa shape index (κ3) is 3.55. The largest absolute Gasteiger partial charge is 0.374 e. The molecule has 1 aliphatic heterocycles. The molecule has 2 aromatic heterocycles. The minimum atomic E-state index is 0.107. The van der Waals surface area contributed by atoms with Crippen molar-refractivity contribution >= 4 is 34.1 Å². The fourth-order valence-corrected chi connectivity index (χ4v) is 3.99. The first-order chi connectivity index (χ1) is 10.6. The second-order valence-electron chi connectivity index (χ2n) is 5.15. The van der Waals surface area contributed by atoms with Crippen LogP contribution in [-0.2, 0) is 4.79 Å². The number of carbonyl (C=O) groups excluding carboxylic acids is 1. The highest BCUT2D eigenvalue weighted by Gasteiger charge is 2.27. The quantitative estimate of drug-likeness (QED) is 0.800. The smallest absolute Gasteiger partial charge is 0.233 e. The molecular formula is C12H17N7OS2. The van der Waals surface area contributed by atoms with Crippen LogP contribution in [0.3, 0.4) is 0 Å². The van der Waals surface area contributed by atoms with Crippen LogP contribution in [0.15, 0.2) is 4.34 Å². The zero-order chi connectivity index (χ0) is 15.5. The summed E-state index contributed by atoms with van der Waals surface area (Å²) in [4.78, 5) is 18.6. The molecule has 1 saturated heterocycles. The van der Waals surface area contributed by atoms with E-state index >= 15 is 0 Å². The van der Waals surface area contributed by atoms with Crippen molar-refractivity contribution in [2.75, 3.05) is 24.6 Å². The van der Waals surface area contributed by atoms with Gasteiger partial charge in [0, 0.05) is 19.0 Å². The van der Waals surface area contributed by atoms with Crippen molar-refractivity contribution in [3.8, 4) is 0 Å². The Kier molecular flexibility index (Phi) is 4.57. The molecule has 1 unspecified atom stereocenters. The van der Waals surface area contributed by atoms with Gasteiger partial charge in [-0.05, 0) is 19.8 Å². The molecule has 0 saturated carbocycles. The van der Waals surface area contributed by atoms with Crippen molar-refractivity contribution in [2.45, 2.75) is 30.0 Å². The molecule has 3 heterocycles. The lowest BCUT2D eigenvalue weighted by molar-refractivity contribution is -0.129. The van der Waals surface area contributed by atoms with Gasteiger partial charge in [-0.15, -0.1) is 10.2 Å². The number of thioether (sulfide) groups is 1. The van der Waals surface area contributed by atoms with Gasteiger partial charge in [-0.2, -0.15) is 5.10 Å². The molecule has 2 aromatic rings. The van der Waals surface area contributed by atoms with Crippen molar-refractivity contribution in [2.24, 2.45) is 0 Å². The van der Waals surface area contributed by atoms with Gasteiger partial charge in [0.05, 0.1) is 5.75 Å². The number of nitrogens with zero attached hydrogens (tertiary/aromatic N) is 5. The summed E-state index contributed by atoms with van der Waals surface area (Å²) in [6.45, 7) is 3.35. The van der Waals surface area contributed by atoms with E-state index in [4.69, 9.17) is 5.73 Å². The Labute approximate surface area is 135 Å². The first-order valence-corrected chi connectivity index (χ1v) is 8.80. The predicted octanol–water partition coefficient (Wildman–Crippen LogP) is 1.05. The Bertz CT molecular complexity index is 655. The summed E-state index contributed by atoms with van der Waals surface area (Å²) in [5.74, 6) is 2.29. The highest BCUT2D eigenvalue weighted by Crippen LogP contribution is 2.27. The lowest BCUT2D eigenvalue weighted by atomic mass is 9.97. The van der Waals surface area contributed by atoms with Gasteiger partial charge in [-0.1, -0.05) is 23.1 Å².